The standard InChI is InChI=1S/C12H10N4O2/c1-7-4-8(5-9(11(7)14)12(17)18)16-3-2-15-10(16)6-13/h2-5H,14H2,1H3,(H,17,18). The van der Waals surface area contributed by atoms with E-state index in [9.17, 15) is 4.79 Å². The molecule has 0 spiro atoms. The van der Waals surface area contributed by atoms with Crippen molar-refractivity contribution in [2.75, 3.05) is 5.73 Å². The maximum atomic E-state index is 11.1. The van der Waals surface area contributed by atoms with Crippen molar-refractivity contribution in [3.63, 3.8) is 0 Å². The number of imidazole rings is 1. The second-order valence-corrected chi connectivity index (χ2v) is 3.76. The summed E-state index contributed by atoms with van der Waals surface area (Å²) < 4.78 is 1.51. The first kappa shape index (κ1) is 11.7. The van der Waals surface area contributed by atoms with E-state index in [1.165, 1.54) is 16.8 Å². The Morgan fingerprint density at radius 1 is 1.56 bits per heavy atom. The molecule has 6 nitrogen and oxygen atoms in total. The number of hydrogen-bond donors (Lipinski definition) is 2. The Hall–Kier alpha value is -2.81. The molecule has 1 aromatic carbocycles. The maximum Gasteiger partial charge on any atom is 0.337 e. The van der Waals surface area contributed by atoms with Gasteiger partial charge in [0.05, 0.1) is 5.56 Å². The van der Waals surface area contributed by atoms with Gasteiger partial charge in [0.15, 0.2) is 0 Å². The second-order valence-electron chi connectivity index (χ2n) is 3.76. The van der Waals surface area contributed by atoms with Crippen molar-refractivity contribution in [2.24, 2.45) is 0 Å². The summed E-state index contributed by atoms with van der Waals surface area (Å²) in [5.41, 5.74) is 7.14. The van der Waals surface area contributed by atoms with Crippen molar-refractivity contribution in [1.82, 2.24) is 9.55 Å². The van der Waals surface area contributed by atoms with Crippen LogP contribution in [0.3, 0.4) is 0 Å². The largest absolute Gasteiger partial charge is 0.478 e. The fourth-order valence-corrected chi connectivity index (χ4v) is 1.69. The van der Waals surface area contributed by atoms with Crippen molar-refractivity contribution in [3.8, 4) is 11.8 Å². The van der Waals surface area contributed by atoms with Crippen molar-refractivity contribution in [2.45, 2.75) is 6.92 Å². The lowest BCUT2D eigenvalue weighted by molar-refractivity contribution is 0.0698. The molecule has 0 aliphatic rings. The number of carbonyl (C=O) groups is 1. The van der Waals surface area contributed by atoms with E-state index in [1.807, 2.05) is 6.07 Å². The van der Waals surface area contributed by atoms with E-state index in [2.05, 4.69) is 4.98 Å². The van der Waals surface area contributed by atoms with Gasteiger partial charge in [0, 0.05) is 23.8 Å². The Kier molecular flexibility index (Phi) is 2.73. The predicted octanol–water partition coefficient (Wildman–Crippen LogP) is 1.33. The summed E-state index contributed by atoms with van der Waals surface area (Å²) in [4.78, 5) is 14.9. The molecule has 0 atom stereocenters. The molecule has 0 aliphatic carbocycles. The van der Waals surface area contributed by atoms with E-state index in [0.717, 1.165) is 0 Å². The van der Waals surface area contributed by atoms with E-state index in [0.29, 0.717) is 11.3 Å². The Bertz CT molecular complexity index is 667. The normalized spacial score (nSPS) is 10.0. The van der Waals surface area contributed by atoms with Crippen molar-refractivity contribution >= 4 is 11.7 Å². The molecule has 0 bridgehead atoms. The second kappa shape index (κ2) is 4.22. The molecule has 0 aliphatic heterocycles. The first-order chi connectivity index (χ1) is 8.54. The van der Waals surface area contributed by atoms with Crippen LogP contribution < -0.4 is 5.73 Å². The summed E-state index contributed by atoms with van der Waals surface area (Å²) in [7, 11) is 0. The van der Waals surface area contributed by atoms with Gasteiger partial charge in [-0.1, -0.05) is 0 Å². The number of anilines is 1. The molecule has 0 saturated heterocycles. The zero-order valence-electron chi connectivity index (χ0n) is 9.58. The molecular weight excluding hydrogens is 232 g/mol. The van der Waals surface area contributed by atoms with Gasteiger partial charge in [-0.05, 0) is 24.6 Å². The Morgan fingerprint density at radius 2 is 2.28 bits per heavy atom. The van der Waals surface area contributed by atoms with Gasteiger partial charge in [-0.3, -0.25) is 4.57 Å². The number of rotatable bonds is 2. The minimum Gasteiger partial charge on any atom is -0.478 e. The molecule has 1 heterocycles. The summed E-state index contributed by atoms with van der Waals surface area (Å²) in [6.07, 6.45) is 3.07. The number of aromatic carboxylic acids is 1. The molecule has 6 heteroatoms. The SMILES string of the molecule is Cc1cc(-n2ccnc2C#N)cc(C(=O)O)c1N. The molecule has 0 fully saturated rings. The zero-order valence-corrected chi connectivity index (χ0v) is 9.58. The molecule has 0 radical (unpaired) electrons. The summed E-state index contributed by atoms with van der Waals surface area (Å²) in [5.74, 6) is -0.911. The fraction of sp³-hybridized carbons (Fsp3) is 0.0833. The Balaban J connectivity index is 2.67. The molecule has 0 amide bonds. The smallest absolute Gasteiger partial charge is 0.337 e. The van der Waals surface area contributed by atoms with E-state index in [1.54, 1.807) is 19.2 Å². The predicted molar refractivity (Wildman–Crippen MR) is 64.4 cm³/mol. The molecule has 0 saturated carbocycles. The number of nitriles is 1. The lowest BCUT2D eigenvalue weighted by Gasteiger charge is -2.10. The highest BCUT2D eigenvalue weighted by Gasteiger charge is 2.13. The lowest BCUT2D eigenvalue weighted by Crippen LogP contribution is -2.07. The van der Waals surface area contributed by atoms with Crippen LogP contribution in [0.4, 0.5) is 5.69 Å². The van der Waals surface area contributed by atoms with Crippen LogP contribution in [0.25, 0.3) is 5.69 Å². The van der Waals surface area contributed by atoms with Gasteiger partial charge >= 0.3 is 5.97 Å². The molecule has 0 unspecified atom stereocenters. The summed E-state index contributed by atoms with van der Waals surface area (Å²) in [6.45, 7) is 1.72. The average molecular weight is 242 g/mol. The number of carboxylic acid groups (broad SMARTS) is 1. The third kappa shape index (κ3) is 1.78. The summed E-state index contributed by atoms with van der Waals surface area (Å²) >= 11 is 0. The summed E-state index contributed by atoms with van der Waals surface area (Å²) in [6, 6.07) is 5.07. The van der Waals surface area contributed by atoms with Gasteiger partial charge in [0.25, 0.3) is 0 Å². The highest BCUT2D eigenvalue weighted by Crippen LogP contribution is 2.22. The highest BCUT2D eigenvalue weighted by atomic mass is 16.4. The quantitative estimate of drug-likeness (QED) is 0.773. The van der Waals surface area contributed by atoms with Crippen LogP contribution in [0.5, 0.6) is 0 Å². The minimum absolute atomic E-state index is 0.0163. The summed E-state index contributed by atoms with van der Waals surface area (Å²) in [5, 5.41) is 18.0. The van der Waals surface area contributed by atoms with Crippen LogP contribution in [-0.4, -0.2) is 20.6 Å². The fourth-order valence-electron chi connectivity index (χ4n) is 1.69. The van der Waals surface area contributed by atoms with Crippen LogP contribution in [0.2, 0.25) is 0 Å². The van der Waals surface area contributed by atoms with Gasteiger partial charge < -0.3 is 10.8 Å². The third-order valence-electron chi connectivity index (χ3n) is 2.62. The van der Waals surface area contributed by atoms with Crippen LogP contribution in [0.15, 0.2) is 24.5 Å². The van der Waals surface area contributed by atoms with Crippen molar-refractivity contribution in [1.29, 1.82) is 5.26 Å². The van der Waals surface area contributed by atoms with Crippen molar-refractivity contribution < 1.29 is 9.90 Å². The highest BCUT2D eigenvalue weighted by molar-refractivity contribution is 5.95. The van der Waals surface area contributed by atoms with E-state index in [4.69, 9.17) is 16.1 Å². The number of benzene rings is 1. The number of nitrogen functional groups attached to an aromatic ring is 1. The molecular formula is C12H10N4O2. The maximum absolute atomic E-state index is 11.1. The van der Waals surface area contributed by atoms with E-state index in [-0.39, 0.29) is 17.1 Å². The van der Waals surface area contributed by atoms with Crippen LogP contribution in [0, 0.1) is 18.3 Å². The first-order valence-corrected chi connectivity index (χ1v) is 5.12. The molecule has 2 rings (SSSR count). The monoisotopic (exact) mass is 242 g/mol. The Labute approximate surface area is 103 Å². The lowest BCUT2D eigenvalue weighted by atomic mass is 10.1. The van der Waals surface area contributed by atoms with Gasteiger partial charge in [-0.2, -0.15) is 5.26 Å². The first-order valence-electron chi connectivity index (χ1n) is 5.12. The number of nitrogens with two attached hydrogens (primary N) is 1. The van der Waals surface area contributed by atoms with Crippen LogP contribution in [-0.2, 0) is 0 Å². The number of nitrogens with zero attached hydrogens (tertiary/aromatic N) is 3. The molecule has 18 heavy (non-hydrogen) atoms. The molecule has 1 aromatic heterocycles. The third-order valence-corrected chi connectivity index (χ3v) is 2.62. The van der Waals surface area contributed by atoms with Gasteiger partial charge in [-0.25, -0.2) is 9.78 Å². The number of hydrogen-bond acceptors (Lipinski definition) is 4. The zero-order chi connectivity index (χ0) is 13.3. The van der Waals surface area contributed by atoms with Gasteiger partial charge in [-0.15, -0.1) is 0 Å². The van der Waals surface area contributed by atoms with E-state index < -0.39 is 5.97 Å². The van der Waals surface area contributed by atoms with Crippen LogP contribution in [0.1, 0.15) is 21.7 Å². The molecule has 3 N–H and O–H groups in total. The molecule has 90 valence electrons. The van der Waals surface area contributed by atoms with Crippen molar-refractivity contribution in [3.05, 3.63) is 41.5 Å². The number of aromatic nitrogens is 2. The Morgan fingerprint density at radius 3 is 2.89 bits per heavy atom. The van der Waals surface area contributed by atoms with Crippen LogP contribution >= 0.6 is 0 Å². The van der Waals surface area contributed by atoms with E-state index >= 15 is 0 Å². The average Bonchev–Trinajstić information content (AvgIpc) is 2.80. The molecule has 2 aromatic rings. The van der Waals surface area contributed by atoms with Gasteiger partial charge in [0.2, 0.25) is 5.82 Å². The number of carboxylic acids is 1. The number of aryl methyl sites for hydroxylation is 1. The topological polar surface area (TPSA) is 105 Å². The van der Waals surface area contributed by atoms with Gasteiger partial charge in [0.1, 0.15) is 6.07 Å². The minimum atomic E-state index is -1.10.